The van der Waals surface area contributed by atoms with Crippen molar-refractivity contribution in [3.63, 3.8) is 0 Å². The Morgan fingerprint density at radius 3 is 2.73 bits per heavy atom. The topological polar surface area (TPSA) is 50.4 Å². The number of halogens is 2. The number of ether oxygens (including phenoxy) is 1. The van der Waals surface area contributed by atoms with Gasteiger partial charge in [-0.15, -0.1) is 11.3 Å². The van der Waals surface area contributed by atoms with Crippen molar-refractivity contribution in [2.45, 2.75) is 6.92 Å². The lowest BCUT2D eigenvalue weighted by Crippen LogP contribution is -2.19. The molecule has 2 aromatic carbocycles. The van der Waals surface area contributed by atoms with Crippen LogP contribution < -0.4 is 10.6 Å². The SMILES string of the molecule is COC(=O)c1sc2cc(NC(=S)Nc3cc(F)ccc3C)ccc2c1Cl. The quantitative estimate of drug-likeness (QED) is 0.436. The summed E-state index contributed by atoms with van der Waals surface area (Å²) in [6.45, 7) is 1.86. The fraction of sp³-hybridized carbons (Fsp3) is 0.111. The number of anilines is 2. The smallest absolute Gasteiger partial charge is 0.349 e. The van der Waals surface area contributed by atoms with Crippen LogP contribution in [0.25, 0.3) is 10.1 Å². The number of fused-ring (bicyclic) bond motifs is 1. The Morgan fingerprint density at radius 1 is 1.23 bits per heavy atom. The summed E-state index contributed by atoms with van der Waals surface area (Å²) < 4.78 is 18.9. The molecule has 134 valence electrons. The van der Waals surface area contributed by atoms with E-state index in [1.807, 2.05) is 13.0 Å². The summed E-state index contributed by atoms with van der Waals surface area (Å²) in [5.74, 6) is -0.810. The highest BCUT2D eigenvalue weighted by Gasteiger charge is 2.17. The standard InChI is InChI=1S/C18H14ClFN2O2S2/c1-9-3-4-10(20)7-13(9)22-18(25)21-11-5-6-12-14(8-11)26-16(15(12)19)17(23)24-2/h3-8H,1-2H3,(H2,21,22,25). The molecule has 4 nitrogen and oxygen atoms in total. The van der Waals surface area contributed by atoms with Gasteiger partial charge in [-0.1, -0.05) is 17.7 Å². The molecule has 0 atom stereocenters. The lowest BCUT2D eigenvalue weighted by molar-refractivity contribution is 0.0606. The number of thiophene rings is 1. The lowest BCUT2D eigenvalue weighted by atomic mass is 10.2. The third-order valence-electron chi connectivity index (χ3n) is 3.71. The molecular weight excluding hydrogens is 395 g/mol. The van der Waals surface area contributed by atoms with E-state index in [0.29, 0.717) is 20.7 Å². The maximum atomic E-state index is 13.4. The number of methoxy groups -OCH3 is 1. The fourth-order valence-electron chi connectivity index (χ4n) is 2.38. The monoisotopic (exact) mass is 408 g/mol. The maximum Gasteiger partial charge on any atom is 0.349 e. The van der Waals surface area contributed by atoms with Crippen molar-refractivity contribution in [2.75, 3.05) is 17.7 Å². The molecule has 0 radical (unpaired) electrons. The van der Waals surface area contributed by atoms with Crippen molar-refractivity contribution in [1.29, 1.82) is 0 Å². The van der Waals surface area contributed by atoms with Gasteiger partial charge in [0.2, 0.25) is 0 Å². The molecule has 26 heavy (non-hydrogen) atoms. The molecule has 0 spiro atoms. The molecule has 0 bridgehead atoms. The van der Waals surface area contributed by atoms with E-state index in [9.17, 15) is 9.18 Å². The summed E-state index contributed by atoms with van der Waals surface area (Å²) in [6, 6.07) is 9.89. The minimum absolute atomic E-state index is 0.328. The van der Waals surface area contributed by atoms with Crippen molar-refractivity contribution < 1.29 is 13.9 Å². The van der Waals surface area contributed by atoms with Gasteiger partial charge in [-0.05, 0) is 55.0 Å². The Labute approximate surface area is 163 Å². The van der Waals surface area contributed by atoms with Crippen molar-refractivity contribution in [3.05, 3.63) is 57.7 Å². The third-order valence-corrected chi connectivity index (χ3v) is 5.55. The van der Waals surface area contributed by atoms with Gasteiger partial charge in [-0.25, -0.2) is 9.18 Å². The van der Waals surface area contributed by atoms with E-state index in [1.54, 1.807) is 18.2 Å². The van der Waals surface area contributed by atoms with Crippen LogP contribution >= 0.6 is 35.2 Å². The lowest BCUT2D eigenvalue weighted by Gasteiger charge is -2.12. The number of rotatable bonds is 3. The Bertz CT molecular complexity index is 1020. The highest BCUT2D eigenvalue weighted by Crippen LogP contribution is 2.37. The first-order chi connectivity index (χ1) is 12.4. The number of aryl methyl sites for hydroxylation is 1. The normalized spacial score (nSPS) is 10.6. The molecule has 3 rings (SSSR count). The summed E-state index contributed by atoms with van der Waals surface area (Å²) in [5, 5.41) is 7.49. The molecule has 1 aromatic heterocycles. The van der Waals surface area contributed by atoms with Crippen molar-refractivity contribution in [1.82, 2.24) is 0 Å². The summed E-state index contributed by atoms with van der Waals surface area (Å²) >= 11 is 12.8. The van der Waals surface area contributed by atoms with E-state index in [4.69, 9.17) is 28.6 Å². The second kappa shape index (κ2) is 7.57. The van der Waals surface area contributed by atoms with Gasteiger partial charge in [-0.2, -0.15) is 0 Å². The molecule has 0 saturated heterocycles. The van der Waals surface area contributed by atoms with E-state index in [1.165, 1.54) is 30.6 Å². The molecule has 0 aliphatic heterocycles. The molecule has 3 aromatic rings. The Morgan fingerprint density at radius 2 is 2.00 bits per heavy atom. The van der Waals surface area contributed by atoms with E-state index in [2.05, 4.69) is 10.6 Å². The molecule has 0 saturated carbocycles. The van der Waals surface area contributed by atoms with Gasteiger partial charge in [-0.3, -0.25) is 0 Å². The van der Waals surface area contributed by atoms with Crippen LogP contribution in [0, 0.1) is 12.7 Å². The number of carbonyl (C=O) groups is 1. The zero-order valence-electron chi connectivity index (χ0n) is 13.9. The number of nitrogens with one attached hydrogen (secondary N) is 2. The van der Waals surface area contributed by atoms with E-state index in [-0.39, 0.29) is 5.82 Å². The van der Waals surface area contributed by atoms with Crippen LogP contribution in [0.3, 0.4) is 0 Å². The third kappa shape index (κ3) is 3.80. The van der Waals surface area contributed by atoms with E-state index < -0.39 is 5.97 Å². The van der Waals surface area contributed by atoms with E-state index >= 15 is 0 Å². The largest absolute Gasteiger partial charge is 0.465 e. The Balaban J connectivity index is 1.81. The van der Waals surface area contributed by atoms with Crippen LogP contribution in [0.15, 0.2) is 36.4 Å². The highest BCUT2D eigenvalue weighted by molar-refractivity contribution is 7.80. The van der Waals surface area contributed by atoms with Gasteiger partial charge in [0.25, 0.3) is 0 Å². The molecule has 0 unspecified atom stereocenters. The molecule has 0 fully saturated rings. The van der Waals surface area contributed by atoms with Crippen LogP contribution in [-0.4, -0.2) is 18.2 Å². The summed E-state index contributed by atoms with van der Waals surface area (Å²) in [6.07, 6.45) is 0. The predicted octanol–water partition coefficient (Wildman–Crippen LogP) is 5.60. The van der Waals surface area contributed by atoms with Crippen molar-refractivity contribution in [3.8, 4) is 0 Å². The summed E-state index contributed by atoms with van der Waals surface area (Å²) in [5.41, 5.74) is 2.19. The van der Waals surface area contributed by atoms with Crippen LogP contribution in [-0.2, 0) is 4.74 Å². The van der Waals surface area contributed by atoms with Gasteiger partial charge in [0.1, 0.15) is 10.7 Å². The number of carbonyl (C=O) groups excluding carboxylic acids is 1. The average molecular weight is 409 g/mol. The van der Waals surface area contributed by atoms with Crippen LogP contribution in [0.2, 0.25) is 5.02 Å². The van der Waals surface area contributed by atoms with Crippen LogP contribution in [0.4, 0.5) is 15.8 Å². The first kappa shape index (κ1) is 18.6. The first-order valence-electron chi connectivity index (χ1n) is 7.53. The molecule has 0 amide bonds. The maximum absolute atomic E-state index is 13.4. The number of thiocarbonyl (C=S) groups is 1. The molecule has 0 aliphatic carbocycles. The van der Waals surface area contributed by atoms with Gasteiger partial charge in [0.15, 0.2) is 5.11 Å². The van der Waals surface area contributed by atoms with E-state index in [0.717, 1.165) is 21.3 Å². The number of hydrogen-bond donors (Lipinski definition) is 2. The number of esters is 1. The van der Waals surface area contributed by atoms with Gasteiger partial charge in [0.05, 0.1) is 12.1 Å². The van der Waals surface area contributed by atoms with Crippen molar-refractivity contribution in [2.24, 2.45) is 0 Å². The molecule has 0 aliphatic rings. The summed E-state index contributed by atoms with van der Waals surface area (Å²) in [7, 11) is 1.31. The van der Waals surface area contributed by atoms with Crippen LogP contribution in [0.5, 0.6) is 0 Å². The average Bonchev–Trinajstić information content (AvgIpc) is 2.93. The number of benzene rings is 2. The minimum atomic E-state index is -0.468. The summed E-state index contributed by atoms with van der Waals surface area (Å²) in [4.78, 5) is 12.1. The second-order valence-electron chi connectivity index (χ2n) is 5.49. The van der Waals surface area contributed by atoms with Gasteiger partial charge >= 0.3 is 5.97 Å². The second-order valence-corrected chi connectivity index (χ2v) is 7.32. The Hall–Kier alpha value is -2.22. The van der Waals surface area contributed by atoms with Crippen LogP contribution in [0.1, 0.15) is 15.2 Å². The Kier molecular flexibility index (Phi) is 5.41. The van der Waals surface area contributed by atoms with Gasteiger partial charge in [0, 0.05) is 21.5 Å². The zero-order valence-corrected chi connectivity index (χ0v) is 16.2. The fourth-order valence-corrected chi connectivity index (χ4v) is 4.07. The van der Waals surface area contributed by atoms with Crippen molar-refractivity contribution >= 4 is 67.7 Å². The molecule has 1 heterocycles. The van der Waals surface area contributed by atoms with Gasteiger partial charge < -0.3 is 15.4 Å². The highest BCUT2D eigenvalue weighted by atomic mass is 35.5. The number of hydrogen-bond acceptors (Lipinski definition) is 4. The first-order valence-corrected chi connectivity index (χ1v) is 9.14. The molecule has 2 N–H and O–H groups in total. The minimum Gasteiger partial charge on any atom is -0.465 e. The predicted molar refractivity (Wildman–Crippen MR) is 109 cm³/mol. The molecular formula is C18H14ClFN2O2S2. The molecule has 8 heteroatoms. The zero-order chi connectivity index (χ0) is 18.8.